The van der Waals surface area contributed by atoms with Gasteiger partial charge < -0.3 is 14.0 Å². The van der Waals surface area contributed by atoms with Gasteiger partial charge in [0, 0.05) is 0 Å². The van der Waals surface area contributed by atoms with Crippen LogP contribution in [-0.4, -0.2) is 16.9 Å². The molecule has 0 radical (unpaired) electrons. The summed E-state index contributed by atoms with van der Waals surface area (Å²) < 4.78 is 17.8. The standard InChI is InChI=1S/C16H14NO4PS.Na/c18-14(16-17-13-8-4-5-9-15(13)23-16)11-22(19,20)21-10-12-6-2-1-3-7-12;/h1-9H,10-11H2,(H,19,20);/q;+1/p-1. The van der Waals surface area contributed by atoms with Crippen LogP contribution in [0.3, 0.4) is 0 Å². The Bertz CT molecular complexity index is 851. The first-order chi connectivity index (χ1) is 11.0. The van der Waals surface area contributed by atoms with E-state index in [1.54, 1.807) is 30.3 Å². The average Bonchev–Trinajstić information content (AvgIpc) is 2.98. The van der Waals surface area contributed by atoms with Gasteiger partial charge in [-0.1, -0.05) is 42.5 Å². The minimum Gasteiger partial charge on any atom is -0.778 e. The van der Waals surface area contributed by atoms with Crippen molar-refractivity contribution in [3.05, 3.63) is 65.2 Å². The number of nitrogens with zero attached hydrogens (tertiary/aromatic N) is 1. The molecule has 24 heavy (non-hydrogen) atoms. The van der Waals surface area contributed by atoms with Gasteiger partial charge in [-0.25, -0.2) is 4.98 Å². The van der Waals surface area contributed by atoms with Gasteiger partial charge in [0.2, 0.25) is 0 Å². The number of hydrogen-bond donors (Lipinski definition) is 0. The van der Waals surface area contributed by atoms with Gasteiger partial charge in [-0.15, -0.1) is 11.3 Å². The number of thiazole rings is 1. The van der Waals surface area contributed by atoms with E-state index < -0.39 is 19.5 Å². The summed E-state index contributed by atoms with van der Waals surface area (Å²) in [5, 5.41) is 0.186. The number of para-hydroxylation sites is 1. The third-order valence-corrected chi connectivity index (χ3v) is 5.41. The quantitative estimate of drug-likeness (QED) is 0.354. The predicted molar refractivity (Wildman–Crippen MR) is 87.7 cm³/mol. The van der Waals surface area contributed by atoms with E-state index in [0.717, 1.165) is 10.3 Å². The van der Waals surface area contributed by atoms with Crippen molar-refractivity contribution in [1.29, 1.82) is 0 Å². The van der Waals surface area contributed by atoms with Crippen LogP contribution in [0.25, 0.3) is 10.2 Å². The molecule has 0 saturated carbocycles. The summed E-state index contributed by atoms with van der Waals surface area (Å²) in [5.41, 5.74) is 1.42. The number of ketones is 1. The zero-order valence-electron chi connectivity index (χ0n) is 13.0. The van der Waals surface area contributed by atoms with Gasteiger partial charge in [-0.05, 0) is 17.7 Å². The summed E-state index contributed by atoms with van der Waals surface area (Å²) in [4.78, 5) is 28.3. The summed E-state index contributed by atoms with van der Waals surface area (Å²) in [6.45, 7) is -0.0747. The van der Waals surface area contributed by atoms with Crippen LogP contribution in [-0.2, 0) is 15.7 Å². The summed E-state index contributed by atoms with van der Waals surface area (Å²) in [5.74, 6) is -0.544. The van der Waals surface area contributed by atoms with Crippen LogP contribution in [0.5, 0.6) is 0 Å². The number of hydrogen-bond acceptors (Lipinski definition) is 6. The molecule has 1 unspecified atom stereocenters. The molecule has 0 aliphatic carbocycles. The molecule has 0 amide bonds. The van der Waals surface area contributed by atoms with Crippen molar-refractivity contribution >= 4 is 34.9 Å². The Kier molecular flexibility index (Phi) is 6.89. The molecule has 2 aromatic carbocycles. The Morgan fingerprint density at radius 3 is 2.50 bits per heavy atom. The molecule has 0 bridgehead atoms. The van der Waals surface area contributed by atoms with Gasteiger partial charge in [-0.2, -0.15) is 0 Å². The Morgan fingerprint density at radius 1 is 1.12 bits per heavy atom. The van der Waals surface area contributed by atoms with Crippen LogP contribution in [0.15, 0.2) is 54.6 Å². The molecular formula is C16H13NNaO4PS. The summed E-state index contributed by atoms with van der Waals surface area (Å²) in [7, 11) is -4.26. The molecule has 8 heteroatoms. The topological polar surface area (TPSA) is 79.3 Å². The molecule has 1 aromatic heterocycles. The van der Waals surface area contributed by atoms with Crippen LogP contribution in [0.1, 0.15) is 15.4 Å². The minimum atomic E-state index is -4.26. The molecule has 5 nitrogen and oxygen atoms in total. The van der Waals surface area contributed by atoms with Gasteiger partial charge in [0.25, 0.3) is 0 Å². The number of aromatic nitrogens is 1. The van der Waals surface area contributed by atoms with Crippen molar-refractivity contribution in [3.63, 3.8) is 0 Å². The van der Waals surface area contributed by atoms with E-state index in [1.807, 2.05) is 24.3 Å². The van der Waals surface area contributed by atoms with Crippen LogP contribution in [0.2, 0.25) is 0 Å². The Labute approximate surface area is 165 Å². The van der Waals surface area contributed by atoms with Gasteiger partial charge in [0.1, 0.15) is 7.60 Å². The molecule has 0 N–H and O–H groups in total. The van der Waals surface area contributed by atoms with Crippen molar-refractivity contribution in [2.75, 3.05) is 6.16 Å². The van der Waals surface area contributed by atoms with E-state index in [9.17, 15) is 14.3 Å². The average molecular weight is 369 g/mol. The molecule has 3 aromatic rings. The molecule has 0 fully saturated rings. The number of benzene rings is 2. The number of rotatable bonds is 6. The number of fused-ring (bicyclic) bond motifs is 1. The number of carbonyl (C=O) groups excluding carboxylic acids is 1. The zero-order chi connectivity index (χ0) is 16.3. The fraction of sp³-hybridized carbons (Fsp3) is 0.125. The van der Waals surface area contributed by atoms with Crippen molar-refractivity contribution in [3.8, 4) is 0 Å². The second-order valence-electron chi connectivity index (χ2n) is 4.94. The van der Waals surface area contributed by atoms with Crippen molar-refractivity contribution in [2.24, 2.45) is 0 Å². The SMILES string of the molecule is O=C(CP(=O)([O-])OCc1ccccc1)c1nc2ccccc2s1.[Na+]. The first-order valence-electron chi connectivity index (χ1n) is 6.91. The fourth-order valence-electron chi connectivity index (χ4n) is 2.03. The third kappa shape index (κ3) is 5.07. The van der Waals surface area contributed by atoms with Crippen molar-refractivity contribution in [2.45, 2.75) is 6.61 Å². The second kappa shape index (κ2) is 8.50. The predicted octanol–water partition coefficient (Wildman–Crippen LogP) is 0.253. The Hall–Kier alpha value is -0.850. The molecule has 0 spiro atoms. The number of carbonyl (C=O) groups is 1. The zero-order valence-corrected chi connectivity index (χ0v) is 16.8. The first kappa shape index (κ1) is 19.5. The van der Waals surface area contributed by atoms with Crippen molar-refractivity contribution < 1.29 is 48.3 Å². The summed E-state index contributed by atoms with van der Waals surface area (Å²) in [6, 6.07) is 16.2. The Morgan fingerprint density at radius 2 is 1.79 bits per heavy atom. The van der Waals surface area contributed by atoms with Gasteiger partial charge in [-0.3, -0.25) is 4.79 Å². The van der Waals surface area contributed by atoms with E-state index in [1.165, 1.54) is 11.3 Å². The van der Waals surface area contributed by atoms with E-state index in [-0.39, 0.29) is 41.2 Å². The monoisotopic (exact) mass is 369 g/mol. The largest absolute Gasteiger partial charge is 1.00 e. The molecule has 3 rings (SSSR count). The van der Waals surface area contributed by atoms with E-state index >= 15 is 0 Å². The smallest absolute Gasteiger partial charge is 0.778 e. The molecule has 0 aliphatic heterocycles. The van der Waals surface area contributed by atoms with Crippen LogP contribution in [0, 0.1) is 0 Å². The second-order valence-corrected chi connectivity index (χ2v) is 7.76. The maximum Gasteiger partial charge on any atom is 1.00 e. The van der Waals surface area contributed by atoms with Crippen LogP contribution >= 0.6 is 18.9 Å². The van der Waals surface area contributed by atoms with Crippen molar-refractivity contribution in [1.82, 2.24) is 4.98 Å². The maximum atomic E-state index is 12.1. The van der Waals surface area contributed by atoms with E-state index in [0.29, 0.717) is 5.52 Å². The first-order valence-corrected chi connectivity index (χ1v) is 9.45. The number of Topliss-reactive ketones (excluding diaryl/α,β-unsaturated/α-hetero) is 1. The van der Waals surface area contributed by atoms with Crippen LogP contribution in [0.4, 0.5) is 0 Å². The minimum absolute atomic E-state index is 0. The maximum absolute atomic E-state index is 12.1. The molecule has 1 heterocycles. The normalized spacial score (nSPS) is 13.2. The third-order valence-electron chi connectivity index (χ3n) is 3.14. The molecule has 0 aliphatic rings. The van der Waals surface area contributed by atoms with Gasteiger partial charge in [0.05, 0.1) is 23.0 Å². The fourth-order valence-corrected chi connectivity index (χ4v) is 3.98. The summed E-state index contributed by atoms with van der Waals surface area (Å²) >= 11 is 1.18. The molecular weight excluding hydrogens is 356 g/mol. The van der Waals surface area contributed by atoms with Crippen LogP contribution < -0.4 is 34.5 Å². The Balaban J connectivity index is 0.00000208. The van der Waals surface area contributed by atoms with Gasteiger partial charge >= 0.3 is 29.6 Å². The van der Waals surface area contributed by atoms with Gasteiger partial charge in [0.15, 0.2) is 10.8 Å². The molecule has 1 atom stereocenters. The summed E-state index contributed by atoms with van der Waals surface area (Å²) in [6.07, 6.45) is -0.681. The molecule has 118 valence electrons. The van der Waals surface area contributed by atoms with E-state index in [2.05, 4.69) is 4.98 Å². The van der Waals surface area contributed by atoms with E-state index in [4.69, 9.17) is 4.52 Å². The molecule has 0 saturated heterocycles.